The number of guanidine groups is 1. The van der Waals surface area contributed by atoms with E-state index in [1.165, 1.54) is 24.0 Å². The molecule has 0 saturated carbocycles. The maximum absolute atomic E-state index is 4.85. The highest BCUT2D eigenvalue weighted by Gasteiger charge is 2.20. The molecular weight excluding hydrogens is 396 g/mol. The van der Waals surface area contributed by atoms with Crippen LogP contribution in [0.3, 0.4) is 0 Å². The van der Waals surface area contributed by atoms with E-state index in [2.05, 4.69) is 86.6 Å². The summed E-state index contributed by atoms with van der Waals surface area (Å²) in [6, 6.07) is 21.6. The number of aromatic nitrogens is 2. The lowest BCUT2D eigenvalue weighted by molar-refractivity contribution is 0.192. The summed E-state index contributed by atoms with van der Waals surface area (Å²) >= 11 is 0. The Labute approximate surface area is 191 Å². The number of rotatable bonds is 8. The molecule has 2 aromatic carbocycles. The van der Waals surface area contributed by atoms with E-state index in [9.17, 15) is 0 Å². The number of hydrogen-bond acceptors (Lipinski definition) is 3. The van der Waals surface area contributed by atoms with Crippen molar-refractivity contribution in [1.82, 2.24) is 25.1 Å². The van der Waals surface area contributed by atoms with Gasteiger partial charge in [-0.3, -0.25) is 4.90 Å². The first-order chi connectivity index (χ1) is 15.8. The molecule has 0 amide bonds. The fourth-order valence-corrected chi connectivity index (χ4v) is 4.24. The predicted octanol–water partition coefficient (Wildman–Crippen LogP) is 3.65. The highest BCUT2D eigenvalue weighted by atomic mass is 15.2. The lowest BCUT2D eigenvalue weighted by Crippen LogP contribution is -2.51. The quantitative estimate of drug-likeness (QED) is 0.423. The normalized spacial score (nSPS) is 17.3. The van der Waals surface area contributed by atoms with Crippen molar-refractivity contribution in [3.05, 3.63) is 90.0 Å². The van der Waals surface area contributed by atoms with Crippen LogP contribution in [0.25, 0.3) is 0 Å². The Balaban J connectivity index is 1.36. The molecule has 2 heterocycles. The van der Waals surface area contributed by atoms with Crippen LogP contribution in [0.1, 0.15) is 36.7 Å². The van der Waals surface area contributed by atoms with E-state index in [0.717, 1.165) is 44.5 Å². The Morgan fingerprint density at radius 3 is 2.47 bits per heavy atom. The molecule has 0 aliphatic carbocycles. The molecule has 1 fully saturated rings. The van der Waals surface area contributed by atoms with Crippen molar-refractivity contribution in [3.63, 3.8) is 0 Å². The number of benzene rings is 2. The van der Waals surface area contributed by atoms with Gasteiger partial charge >= 0.3 is 0 Å². The highest BCUT2D eigenvalue weighted by Crippen LogP contribution is 2.14. The standard InChI is InChI=1S/C26H34N6/c1-2-27-26(29-18-25-28-15-17-32(25)20-23-12-7-4-8-13-23)30-24-14-9-16-31(21-24)19-22-10-5-3-6-11-22/h3-8,10-13,15,17,24H,2,9,14,16,18-21H2,1H3,(H2,27,29,30). The Morgan fingerprint density at radius 1 is 1.03 bits per heavy atom. The van der Waals surface area contributed by atoms with Crippen molar-refractivity contribution in [2.75, 3.05) is 19.6 Å². The van der Waals surface area contributed by atoms with Crippen LogP contribution in [-0.4, -0.2) is 46.1 Å². The Bertz CT molecular complexity index is 966. The number of nitrogens with zero attached hydrogens (tertiary/aromatic N) is 4. The Morgan fingerprint density at radius 2 is 1.75 bits per heavy atom. The van der Waals surface area contributed by atoms with Gasteiger partial charge in [0.15, 0.2) is 5.96 Å². The molecule has 1 saturated heterocycles. The fraction of sp³-hybridized carbons (Fsp3) is 0.385. The second-order valence-electron chi connectivity index (χ2n) is 8.36. The molecule has 6 heteroatoms. The first-order valence-electron chi connectivity index (χ1n) is 11.6. The second-order valence-corrected chi connectivity index (χ2v) is 8.36. The Kier molecular flexibility index (Phi) is 7.93. The maximum atomic E-state index is 4.85. The van der Waals surface area contributed by atoms with Crippen LogP contribution in [0.5, 0.6) is 0 Å². The molecular formula is C26H34N6. The van der Waals surface area contributed by atoms with Crippen molar-refractivity contribution in [1.29, 1.82) is 0 Å². The third-order valence-electron chi connectivity index (χ3n) is 5.82. The number of nitrogens with one attached hydrogen (secondary N) is 2. The zero-order valence-corrected chi connectivity index (χ0v) is 19.0. The molecule has 1 aliphatic rings. The summed E-state index contributed by atoms with van der Waals surface area (Å²) in [6.07, 6.45) is 6.25. The Hall–Kier alpha value is -3.12. The summed E-state index contributed by atoms with van der Waals surface area (Å²) in [5.74, 6) is 1.84. The van der Waals surface area contributed by atoms with Gasteiger partial charge in [0.2, 0.25) is 0 Å². The minimum Gasteiger partial charge on any atom is -0.357 e. The smallest absolute Gasteiger partial charge is 0.191 e. The second kappa shape index (κ2) is 11.5. The summed E-state index contributed by atoms with van der Waals surface area (Å²) in [5, 5.41) is 7.07. The average molecular weight is 431 g/mol. The number of imidazole rings is 1. The number of aliphatic imine (C=N–C) groups is 1. The van der Waals surface area contributed by atoms with Crippen molar-refractivity contribution in [3.8, 4) is 0 Å². The third-order valence-corrected chi connectivity index (χ3v) is 5.82. The SMILES string of the molecule is CCNC(=NCc1nccn1Cc1ccccc1)NC1CCCN(Cc2ccccc2)C1. The van der Waals surface area contributed by atoms with E-state index in [0.29, 0.717) is 12.6 Å². The third kappa shape index (κ3) is 6.44. The van der Waals surface area contributed by atoms with E-state index in [1.807, 2.05) is 18.5 Å². The molecule has 1 atom stereocenters. The van der Waals surface area contributed by atoms with Gasteiger partial charge in [-0.1, -0.05) is 60.7 Å². The van der Waals surface area contributed by atoms with Gasteiger partial charge in [0.1, 0.15) is 12.4 Å². The molecule has 0 bridgehead atoms. The summed E-state index contributed by atoms with van der Waals surface area (Å²) in [5.41, 5.74) is 2.64. The summed E-state index contributed by atoms with van der Waals surface area (Å²) in [4.78, 5) is 11.9. The van der Waals surface area contributed by atoms with Crippen molar-refractivity contribution in [2.24, 2.45) is 4.99 Å². The van der Waals surface area contributed by atoms with Gasteiger partial charge in [0.05, 0.1) is 0 Å². The minimum atomic E-state index is 0.398. The summed E-state index contributed by atoms with van der Waals surface area (Å²) in [7, 11) is 0. The van der Waals surface area contributed by atoms with Crippen molar-refractivity contribution in [2.45, 2.75) is 45.4 Å². The maximum Gasteiger partial charge on any atom is 0.191 e. The van der Waals surface area contributed by atoms with E-state index >= 15 is 0 Å². The van der Waals surface area contributed by atoms with Crippen LogP contribution in [0, 0.1) is 0 Å². The molecule has 4 rings (SSSR count). The zero-order chi connectivity index (χ0) is 22.0. The van der Waals surface area contributed by atoms with Gasteiger partial charge in [-0.15, -0.1) is 0 Å². The minimum absolute atomic E-state index is 0.398. The molecule has 2 N–H and O–H groups in total. The number of piperidine rings is 1. The van der Waals surface area contributed by atoms with Gasteiger partial charge in [-0.2, -0.15) is 0 Å². The average Bonchev–Trinajstić information content (AvgIpc) is 3.26. The van der Waals surface area contributed by atoms with Crippen molar-refractivity contribution < 1.29 is 0 Å². The monoisotopic (exact) mass is 430 g/mol. The lowest BCUT2D eigenvalue weighted by atomic mass is 10.0. The van der Waals surface area contributed by atoms with Gasteiger partial charge in [0, 0.05) is 44.6 Å². The van der Waals surface area contributed by atoms with Crippen LogP contribution in [0.4, 0.5) is 0 Å². The molecule has 168 valence electrons. The highest BCUT2D eigenvalue weighted by molar-refractivity contribution is 5.80. The van der Waals surface area contributed by atoms with Crippen LogP contribution in [0.15, 0.2) is 78.0 Å². The van der Waals surface area contributed by atoms with E-state index in [-0.39, 0.29) is 0 Å². The van der Waals surface area contributed by atoms with Gasteiger partial charge in [-0.25, -0.2) is 9.98 Å². The van der Waals surface area contributed by atoms with E-state index < -0.39 is 0 Å². The largest absolute Gasteiger partial charge is 0.357 e. The molecule has 32 heavy (non-hydrogen) atoms. The molecule has 1 aromatic heterocycles. The molecule has 6 nitrogen and oxygen atoms in total. The lowest BCUT2D eigenvalue weighted by Gasteiger charge is -2.34. The molecule has 0 spiro atoms. The van der Waals surface area contributed by atoms with Gasteiger partial charge in [-0.05, 0) is 37.4 Å². The van der Waals surface area contributed by atoms with Crippen molar-refractivity contribution >= 4 is 5.96 Å². The fourth-order valence-electron chi connectivity index (χ4n) is 4.24. The molecule has 0 radical (unpaired) electrons. The number of likely N-dealkylation sites (tertiary alicyclic amines) is 1. The van der Waals surface area contributed by atoms with Gasteiger partial charge < -0.3 is 15.2 Å². The summed E-state index contributed by atoms with van der Waals surface area (Å²) in [6.45, 7) is 7.49. The molecule has 1 unspecified atom stereocenters. The topological polar surface area (TPSA) is 57.5 Å². The number of hydrogen-bond donors (Lipinski definition) is 2. The predicted molar refractivity (Wildman–Crippen MR) is 130 cm³/mol. The van der Waals surface area contributed by atoms with Crippen LogP contribution in [-0.2, 0) is 19.6 Å². The molecule has 1 aliphatic heterocycles. The first-order valence-corrected chi connectivity index (χ1v) is 11.6. The van der Waals surface area contributed by atoms with E-state index in [1.54, 1.807) is 0 Å². The summed E-state index contributed by atoms with van der Waals surface area (Å²) < 4.78 is 2.17. The van der Waals surface area contributed by atoms with Crippen LogP contribution in [0.2, 0.25) is 0 Å². The van der Waals surface area contributed by atoms with Crippen LogP contribution >= 0.6 is 0 Å². The first kappa shape index (κ1) is 22.1. The molecule has 3 aromatic rings. The zero-order valence-electron chi connectivity index (χ0n) is 19.0. The van der Waals surface area contributed by atoms with Gasteiger partial charge in [0.25, 0.3) is 0 Å². The van der Waals surface area contributed by atoms with E-state index in [4.69, 9.17) is 4.99 Å². The van der Waals surface area contributed by atoms with Crippen LogP contribution < -0.4 is 10.6 Å².